The summed E-state index contributed by atoms with van der Waals surface area (Å²) in [5, 5.41) is 15.6. The van der Waals surface area contributed by atoms with E-state index in [1.54, 1.807) is 6.20 Å². The molecule has 0 saturated heterocycles. The fourth-order valence-corrected chi connectivity index (χ4v) is 4.24. The number of hydrogen-bond donors (Lipinski definition) is 1. The van der Waals surface area contributed by atoms with Gasteiger partial charge in [-0.1, -0.05) is 0 Å². The minimum atomic E-state index is -3.03. The highest BCUT2D eigenvalue weighted by atomic mass is 19.3. The van der Waals surface area contributed by atoms with Gasteiger partial charge in [0.1, 0.15) is 11.6 Å². The van der Waals surface area contributed by atoms with Crippen molar-refractivity contribution >= 4 is 11.4 Å². The van der Waals surface area contributed by atoms with Gasteiger partial charge in [-0.15, -0.1) is 10.2 Å². The van der Waals surface area contributed by atoms with Crippen molar-refractivity contribution in [1.29, 1.82) is 0 Å². The van der Waals surface area contributed by atoms with Crippen molar-refractivity contribution in [3.8, 4) is 17.2 Å². The molecule has 37 heavy (non-hydrogen) atoms. The number of ether oxygens (including phenoxy) is 1. The second-order valence-corrected chi connectivity index (χ2v) is 7.97. The Bertz CT molecular complexity index is 1590. The van der Waals surface area contributed by atoms with Crippen molar-refractivity contribution in [3.63, 3.8) is 0 Å². The first-order valence-corrected chi connectivity index (χ1v) is 10.8. The maximum atomic E-state index is 13.5. The molecule has 0 bridgehead atoms. The Morgan fingerprint density at radius 1 is 1.24 bits per heavy atom. The number of aromatic amines is 1. The second kappa shape index (κ2) is 8.72. The molecule has 6 heterocycles. The van der Waals surface area contributed by atoms with Crippen LogP contribution in [-0.2, 0) is 6.42 Å². The average molecular weight is 517 g/mol. The van der Waals surface area contributed by atoms with Crippen LogP contribution in [0.25, 0.3) is 17.0 Å². The molecule has 0 unspecified atom stereocenters. The van der Waals surface area contributed by atoms with E-state index in [0.29, 0.717) is 22.5 Å². The lowest BCUT2D eigenvalue weighted by molar-refractivity contribution is -0.0490. The Hall–Kier alpha value is -4.76. The van der Waals surface area contributed by atoms with E-state index in [0.717, 1.165) is 18.1 Å². The van der Waals surface area contributed by atoms with Crippen LogP contribution in [0.3, 0.4) is 0 Å². The van der Waals surface area contributed by atoms with E-state index in [1.165, 1.54) is 33.9 Å². The van der Waals surface area contributed by atoms with Gasteiger partial charge in [0.15, 0.2) is 5.75 Å². The third-order valence-electron chi connectivity index (χ3n) is 5.82. The van der Waals surface area contributed by atoms with Crippen molar-refractivity contribution in [2.45, 2.75) is 25.6 Å². The Kier molecular flexibility index (Phi) is 5.35. The SMILES string of the molecule is O=C(c1nnc(-c2cnn(C(F)F)c2)o1)N1CCc2[nH]cnc2[C@@H]1c1cc2c(OC(F)F)cccn2n1. The predicted octanol–water partition coefficient (Wildman–Crippen LogP) is 3.09. The molecule has 16 heteroatoms. The lowest BCUT2D eigenvalue weighted by Crippen LogP contribution is -2.41. The smallest absolute Gasteiger partial charge is 0.387 e. The number of nitrogens with one attached hydrogen (secondary N) is 1. The monoisotopic (exact) mass is 517 g/mol. The number of pyridine rings is 1. The fraction of sp³-hybridized carbons (Fsp3) is 0.238. The molecule has 5 aromatic heterocycles. The van der Waals surface area contributed by atoms with Gasteiger partial charge in [0.05, 0.1) is 29.5 Å². The normalized spacial score (nSPS) is 15.6. The second-order valence-electron chi connectivity index (χ2n) is 7.97. The number of hydrogen-bond acceptors (Lipinski definition) is 8. The molecule has 1 aliphatic heterocycles. The Balaban J connectivity index is 1.37. The first-order valence-electron chi connectivity index (χ1n) is 10.8. The summed E-state index contributed by atoms with van der Waals surface area (Å²) < 4.78 is 63.4. The van der Waals surface area contributed by atoms with E-state index in [-0.39, 0.29) is 35.2 Å². The highest BCUT2D eigenvalue weighted by molar-refractivity contribution is 5.90. The quantitative estimate of drug-likeness (QED) is 0.340. The highest BCUT2D eigenvalue weighted by Crippen LogP contribution is 2.35. The van der Waals surface area contributed by atoms with Gasteiger partial charge in [-0.3, -0.25) is 4.79 Å². The van der Waals surface area contributed by atoms with Gasteiger partial charge in [-0.2, -0.15) is 27.8 Å². The lowest BCUT2D eigenvalue weighted by atomic mass is 9.99. The summed E-state index contributed by atoms with van der Waals surface area (Å²) in [7, 11) is 0. The molecule has 0 fully saturated rings. The van der Waals surface area contributed by atoms with Gasteiger partial charge in [-0.25, -0.2) is 14.2 Å². The topological polar surface area (TPSA) is 132 Å². The first kappa shape index (κ1) is 22.7. The first-order chi connectivity index (χ1) is 17.9. The van der Waals surface area contributed by atoms with Crippen LogP contribution in [0.4, 0.5) is 17.6 Å². The van der Waals surface area contributed by atoms with E-state index in [1.807, 2.05) is 0 Å². The van der Waals surface area contributed by atoms with Crippen LogP contribution in [0.2, 0.25) is 0 Å². The molecule has 1 N–H and O–H groups in total. The highest BCUT2D eigenvalue weighted by Gasteiger charge is 2.38. The van der Waals surface area contributed by atoms with Gasteiger partial charge in [-0.05, 0) is 18.2 Å². The number of aromatic nitrogens is 8. The molecule has 0 radical (unpaired) electrons. The summed E-state index contributed by atoms with van der Waals surface area (Å²) >= 11 is 0. The largest absolute Gasteiger partial charge is 0.433 e. The summed E-state index contributed by atoms with van der Waals surface area (Å²) in [6, 6.07) is 3.59. The summed E-state index contributed by atoms with van der Waals surface area (Å²) in [6.07, 6.45) is 5.61. The standard InChI is InChI=1S/C21H15F4N9O3/c22-20(23)34-8-10(7-28-34)17-29-30-18(37-17)19(35)32-5-3-11-15(27-9-26-11)16(32)12-6-13-14(36-21(24)25)2-1-4-33(13)31-12/h1-2,4,6-9,16,20-21H,3,5H2,(H,26,27)/t16-/m0/s1. The summed E-state index contributed by atoms with van der Waals surface area (Å²) in [5.74, 6) is -1.28. The molecular weight excluding hydrogens is 502 g/mol. The van der Waals surface area contributed by atoms with Crippen molar-refractivity contribution in [1.82, 2.24) is 44.5 Å². The van der Waals surface area contributed by atoms with Crippen LogP contribution in [-0.4, -0.2) is 63.5 Å². The molecule has 190 valence electrons. The average Bonchev–Trinajstić information content (AvgIpc) is 3.67. The third kappa shape index (κ3) is 3.95. The zero-order valence-corrected chi connectivity index (χ0v) is 18.5. The summed E-state index contributed by atoms with van der Waals surface area (Å²) in [5.41, 5.74) is 2.01. The maximum Gasteiger partial charge on any atom is 0.387 e. The van der Waals surface area contributed by atoms with Gasteiger partial charge in [0.2, 0.25) is 0 Å². The van der Waals surface area contributed by atoms with Crippen molar-refractivity contribution in [2.24, 2.45) is 0 Å². The lowest BCUT2D eigenvalue weighted by Gasteiger charge is -2.32. The van der Waals surface area contributed by atoms with Crippen LogP contribution < -0.4 is 4.74 Å². The number of H-pyrrole nitrogens is 1. The Morgan fingerprint density at radius 2 is 2.11 bits per heavy atom. The molecule has 12 nitrogen and oxygen atoms in total. The number of nitrogens with zero attached hydrogens (tertiary/aromatic N) is 8. The number of carbonyl (C=O) groups excluding carboxylic acids is 1. The number of fused-ring (bicyclic) bond motifs is 2. The molecule has 0 spiro atoms. The van der Waals surface area contributed by atoms with E-state index >= 15 is 0 Å². The maximum absolute atomic E-state index is 13.5. The molecule has 0 aliphatic carbocycles. The molecule has 0 aromatic carbocycles. The van der Waals surface area contributed by atoms with Crippen LogP contribution in [0.15, 0.2) is 47.5 Å². The summed E-state index contributed by atoms with van der Waals surface area (Å²) in [4.78, 5) is 22.3. The van der Waals surface area contributed by atoms with Crippen molar-refractivity contribution in [2.75, 3.05) is 6.54 Å². The number of carbonyl (C=O) groups is 1. The van der Waals surface area contributed by atoms with Crippen molar-refractivity contribution < 1.29 is 31.5 Å². The van der Waals surface area contributed by atoms with Crippen LogP contribution in [0.1, 0.15) is 40.4 Å². The molecule has 6 rings (SSSR count). The molecule has 5 aromatic rings. The molecule has 1 atom stereocenters. The Labute approximate surface area is 203 Å². The zero-order valence-electron chi connectivity index (χ0n) is 18.5. The van der Waals surface area contributed by atoms with E-state index in [2.05, 4.69) is 35.1 Å². The van der Waals surface area contributed by atoms with E-state index in [9.17, 15) is 22.4 Å². The summed E-state index contributed by atoms with van der Waals surface area (Å²) in [6.45, 7) is -5.67. The number of alkyl halides is 4. The minimum absolute atomic E-state index is 0.0851. The van der Waals surface area contributed by atoms with Gasteiger partial charge < -0.3 is 19.0 Å². The van der Waals surface area contributed by atoms with E-state index in [4.69, 9.17) is 4.42 Å². The number of imidazole rings is 1. The zero-order chi connectivity index (χ0) is 25.7. The molecular formula is C21H15F4N9O3. The van der Waals surface area contributed by atoms with Gasteiger partial charge >= 0.3 is 25.0 Å². The number of amides is 1. The molecule has 1 aliphatic rings. The molecule has 1 amide bonds. The van der Waals surface area contributed by atoms with E-state index < -0.39 is 25.1 Å². The minimum Gasteiger partial charge on any atom is -0.433 e. The van der Waals surface area contributed by atoms with Crippen LogP contribution >= 0.6 is 0 Å². The van der Waals surface area contributed by atoms with Crippen molar-refractivity contribution in [3.05, 3.63) is 66.1 Å². The van der Waals surface area contributed by atoms with Gasteiger partial charge in [0.25, 0.3) is 5.89 Å². The third-order valence-corrected chi connectivity index (χ3v) is 5.82. The Morgan fingerprint density at radius 3 is 2.89 bits per heavy atom. The fourth-order valence-electron chi connectivity index (χ4n) is 4.24. The number of rotatable bonds is 6. The predicted molar refractivity (Wildman–Crippen MR) is 114 cm³/mol. The molecule has 0 saturated carbocycles. The number of halogens is 4. The van der Waals surface area contributed by atoms with Crippen LogP contribution in [0.5, 0.6) is 5.75 Å². The van der Waals surface area contributed by atoms with Crippen LogP contribution in [0, 0.1) is 0 Å². The van der Waals surface area contributed by atoms with Gasteiger partial charge in [0, 0.05) is 31.1 Å².